The summed E-state index contributed by atoms with van der Waals surface area (Å²) in [5, 5.41) is 12.8. The average Bonchev–Trinajstić information content (AvgIpc) is 2.45. The second-order valence-electron chi connectivity index (χ2n) is 3.89. The highest BCUT2D eigenvalue weighted by Crippen LogP contribution is 2.31. The van der Waals surface area contributed by atoms with E-state index in [0.29, 0.717) is 0 Å². The van der Waals surface area contributed by atoms with Crippen LogP contribution in [0.25, 0.3) is 0 Å². The monoisotopic (exact) mass is 273 g/mol. The fraction of sp³-hybridized carbons (Fsp3) is 0.143. The third kappa shape index (κ3) is 4.08. The Bertz CT molecular complexity index is 546. The van der Waals surface area contributed by atoms with Crippen LogP contribution in [0.15, 0.2) is 52.6 Å². The number of benzene rings is 1. The minimum atomic E-state index is 0.238. The number of phenolic OH excluding ortho intramolecular Hbond substituents is 1. The Balaban J connectivity index is 1.86. The van der Waals surface area contributed by atoms with Crippen molar-refractivity contribution >= 4 is 24.2 Å². The zero-order chi connectivity index (χ0) is 13.5. The summed E-state index contributed by atoms with van der Waals surface area (Å²) in [6.07, 6.45) is 3.59. The Kier molecular flexibility index (Phi) is 4.94. The number of nitrogens with one attached hydrogen (secondary N) is 1. The standard InChI is InChI=1S/C14H15N3OS/c1-15-13-5-4-12(18)7-14(13)19-10-17-9-11-3-2-6-16-8-11/h2-8,17-18H,1,9-10H2. The van der Waals surface area contributed by atoms with Gasteiger partial charge in [-0.05, 0) is 36.5 Å². The van der Waals surface area contributed by atoms with E-state index in [9.17, 15) is 5.11 Å². The summed E-state index contributed by atoms with van der Waals surface area (Å²) in [6.45, 7) is 4.28. The number of phenols is 1. The lowest BCUT2D eigenvalue weighted by molar-refractivity contribution is 0.474. The molecule has 0 aliphatic rings. The van der Waals surface area contributed by atoms with Crippen molar-refractivity contribution in [3.8, 4) is 5.75 Å². The van der Waals surface area contributed by atoms with Gasteiger partial charge in [0.05, 0.1) is 5.69 Å². The molecule has 0 aliphatic carbocycles. The molecule has 2 N–H and O–H groups in total. The maximum absolute atomic E-state index is 9.46. The molecule has 98 valence electrons. The third-order valence-corrected chi connectivity index (χ3v) is 3.48. The number of aliphatic imine (C=N–C) groups is 1. The van der Waals surface area contributed by atoms with Crippen LogP contribution in [0.3, 0.4) is 0 Å². The number of rotatable bonds is 6. The van der Waals surface area contributed by atoms with Gasteiger partial charge in [-0.15, -0.1) is 11.8 Å². The highest BCUT2D eigenvalue weighted by molar-refractivity contribution is 7.99. The van der Waals surface area contributed by atoms with Crippen molar-refractivity contribution in [1.82, 2.24) is 10.3 Å². The molecule has 0 saturated carbocycles. The largest absolute Gasteiger partial charge is 0.508 e. The van der Waals surface area contributed by atoms with Crippen LogP contribution in [0.1, 0.15) is 5.56 Å². The van der Waals surface area contributed by atoms with Gasteiger partial charge in [-0.2, -0.15) is 0 Å². The second-order valence-corrected chi connectivity index (χ2v) is 4.90. The molecule has 0 unspecified atom stereocenters. The Morgan fingerprint density at radius 3 is 3.00 bits per heavy atom. The van der Waals surface area contributed by atoms with E-state index in [1.165, 1.54) is 0 Å². The van der Waals surface area contributed by atoms with Gasteiger partial charge in [-0.1, -0.05) is 6.07 Å². The molecule has 0 bridgehead atoms. The zero-order valence-corrected chi connectivity index (χ0v) is 11.2. The minimum absolute atomic E-state index is 0.238. The summed E-state index contributed by atoms with van der Waals surface area (Å²) in [5.74, 6) is 0.961. The molecule has 4 nitrogen and oxygen atoms in total. The summed E-state index contributed by atoms with van der Waals surface area (Å²) in [7, 11) is 0. The smallest absolute Gasteiger partial charge is 0.116 e. The molecule has 0 atom stereocenters. The fourth-order valence-corrected chi connectivity index (χ4v) is 2.42. The predicted molar refractivity (Wildman–Crippen MR) is 79.1 cm³/mol. The normalized spacial score (nSPS) is 10.3. The van der Waals surface area contributed by atoms with Crippen LogP contribution in [0.4, 0.5) is 5.69 Å². The number of thioether (sulfide) groups is 1. The minimum Gasteiger partial charge on any atom is -0.508 e. The van der Waals surface area contributed by atoms with Gasteiger partial charge < -0.3 is 10.4 Å². The van der Waals surface area contributed by atoms with Gasteiger partial charge in [-0.25, -0.2) is 0 Å². The molecule has 0 spiro atoms. The molecule has 0 aliphatic heterocycles. The molecular formula is C14H15N3OS. The van der Waals surface area contributed by atoms with Crippen LogP contribution in [0.5, 0.6) is 5.75 Å². The number of hydrogen-bond acceptors (Lipinski definition) is 5. The van der Waals surface area contributed by atoms with Crippen LogP contribution in [-0.4, -0.2) is 22.7 Å². The first kappa shape index (κ1) is 13.6. The number of aromatic hydroxyl groups is 1. The van der Waals surface area contributed by atoms with Crippen LogP contribution >= 0.6 is 11.8 Å². The van der Waals surface area contributed by atoms with E-state index in [2.05, 4.69) is 22.0 Å². The first-order chi connectivity index (χ1) is 9.29. The maximum Gasteiger partial charge on any atom is 0.116 e. The van der Waals surface area contributed by atoms with Crippen molar-refractivity contribution in [3.05, 3.63) is 48.3 Å². The molecule has 5 heteroatoms. The second kappa shape index (κ2) is 6.92. The quantitative estimate of drug-likeness (QED) is 0.368. The maximum atomic E-state index is 9.46. The first-order valence-electron chi connectivity index (χ1n) is 5.82. The number of hydrogen-bond donors (Lipinski definition) is 2. The molecule has 0 amide bonds. The fourth-order valence-electron chi connectivity index (χ4n) is 1.58. The zero-order valence-electron chi connectivity index (χ0n) is 10.4. The van der Waals surface area contributed by atoms with Crippen LogP contribution in [0, 0.1) is 0 Å². The Morgan fingerprint density at radius 2 is 2.26 bits per heavy atom. The third-order valence-electron chi connectivity index (χ3n) is 2.50. The van der Waals surface area contributed by atoms with E-state index < -0.39 is 0 Å². The SMILES string of the molecule is C=Nc1ccc(O)cc1SCNCc1cccnc1. The lowest BCUT2D eigenvalue weighted by Gasteiger charge is -2.07. The Hall–Kier alpha value is -1.85. The molecule has 19 heavy (non-hydrogen) atoms. The van der Waals surface area contributed by atoms with Gasteiger partial charge in [0.2, 0.25) is 0 Å². The van der Waals surface area contributed by atoms with Gasteiger partial charge in [0, 0.05) is 29.7 Å². The number of aromatic nitrogens is 1. The van der Waals surface area contributed by atoms with Crippen LogP contribution < -0.4 is 5.32 Å². The molecule has 0 fully saturated rings. The summed E-state index contributed by atoms with van der Waals surface area (Å²) in [4.78, 5) is 8.90. The molecule has 1 heterocycles. The van der Waals surface area contributed by atoms with Crippen molar-refractivity contribution in [2.24, 2.45) is 4.99 Å². The van der Waals surface area contributed by atoms with Gasteiger partial charge >= 0.3 is 0 Å². The van der Waals surface area contributed by atoms with Crippen molar-refractivity contribution in [2.75, 3.05) is 5.88 Å². The summed E-state index contributed by atoms with van der Waals surface area (Å²) in [6, 6.07) is 9.00. The Labute approximate surface area is 116 Å². The van der Waals surface area contributed by atoms with E-state index in [4.69, 9.17) is 0 Å². The van der Waals surface area contributed by atoms with E-state index in [1.54, 1.807) is 36.2 Å². The van der Waals surface area contributed by atoms with E-state index >= 15 is 0 Å². The highest BCUT2D eigenvalue weighted by Gasteiger charge is 2.02. The molecule has 2 rings (SSSR count). The molecule has 1 aromatic heterocycles. The van der Waals surface area contributed by atoms with Crippen LogP contribution in [-0.2, 0) is 6.54 Å². The molecular weight excluding hydrogens is 258 g/mol. The summed E-state index contributed by atoms with van der Waals surface area (Å²) in [5.41, 5.74) is 1.92. The molecule has 1 aromatic carbocycles. The highest BCUT2D eigenvalue weighted by atomic mass is 32.2. The van der Waals surface area contributed by atoms with Gasteiger partial charge in [0.15, 0.2) is 0 Å². The number of nitrogens with zero attached hydrogens (tertiary/aromatic N) is 2. The average molecular weight is 273 g/mol. The number of pyridine rings is 1. The van der Waals surface area contributed by atoms with Crippen molar-refractivity contribution in [1.29, 1.82) is 0 Å². The van der Waals surface area contributed by atoms with Crippen molar-refractivity contribution in [2.45, 2.75) is 11.4 Å². The molecule has 0 saturated heterocycles. The molecule has 2 aromatic rings. The van der Waals surface area contributed by atoms with E-state index in [-0.39, 0.29) is 5.75 Å². The lowest BCUT2D eigenvalue weighted by Crippen LogP contribution is -2.12. The predicted octanol–water partition coefficient (Wildman–Crippen LogP) is 2.96. The van der Waals surface area contributed by atoms with Crippen molar-refractivity contribution in [3.63, 3.8) is 0 Å². The van der Waals surface area contributed by atoms with Crippen LogP contribution in [0.2, 0.25) is 0 Å². The van der Waals surface area contributed by atoms with Gasteiger partial charge in [0.25, 0.3) is 0 Å². The molecule has 0 radical (unpaired) electrons. The van der Waals surface area contributed by atoms with Crippen molar-refractivity contribution < 1.29 is 5.11 Å². The summed E-state index contributed by atoms with van der Waals surface area (Å²) >= 11 is 1.58. The Morgan fingerprint density at radius 1 is 1.37 bits per heavy atom. The van der Waals surface area contributed by atoms with E-state index in [1.807, 2.05) is 18.3 Å². The first-order valence-corrected chi connectivity index (χ1v) is 6.80. The summed E-state index contributed by atoms with van der Waals surface area (Å²) < 4.78 is 0. The lowest BCUT2D eigenvalue weighted by atomic mass is 10.3. The topological polar surface area (TPSA) is 57.5 Å². The van der Waals surface area contributed by atoms with Gasteiger partial charge in [-0.3, -0.25) is 9.98 Å². The van der Waals surface area contributed by atoms with Gasteiger partial charge in [0.1, 0.15) is 5.75 Å². The van der Waals surface area contributed by atoms with E-state index in [0.717, 1.165) is 28.6 Å².